The van der Waals surface area contributed by atoms with Crippen LogP contribution in [0.15, 0.2) is 63.9 Å². The van der Waals surface area contributed by atoms with Crippen molar-refractivity contribution < 1.29 is 38.8 Å². The van der Waals surface area contributed by atoms with Crippen LogP contribution in [-0.2, 0) is 28.6 Å². The molecule has 0 radical (unpaired) electrons. The molecule has 3 fully saturated rings. The van der Waals surface area contributed by atoms with E-state index in [1.807, 2.05) is 12.2 Å². The Hall–Kier alpha value is -2.56. The highest BCUT2D eigenvalue weighted by Gasteiger charge is 2.60. The van der Waals surface area contributed by atoms with Crippen LogP contribution in [0.4, 0.5) is 0 Å². The molecule has 254 valence electrons. The third-order valence-corrected chi connectivity index (χ3v) is 10.1. The minimum Gasteiger partial charge on any atom is -0.462 e. The molecular weight excluding hydrogens is 586 g/mol. The summed E-state index contributed by atoms with van der Waals surface area (Å²) in [7, 11) is 1.55. The van der Waals surface area contributed by atoms with Crippen molar-refractivity contribution in [3.8, 4) is 0 Å². The molecule has 1 aliphatic carbocycles. The van der Waals surface area contributed by atoms with Crippen LogP contribution in [0.2, 0.25) is 0 Å². The van der Waals surface area contributed by atoms with Crippen molar-refractivity contribution in [1.82, 2.24) is 0 Å². The lowest BCUT2D eigenvalue weighted by molar-refractivity contribution is -0.313. The van der Waals surface area contributed by atoms with E-state index in [2.05, 4.69) is 64.9 Å². The average Bonchev–Trinajstić information content (AvgIpc) is 3.31. The summed E-state index contributed by atoms with van der Waals surface area (Å²) >= 11 is 0. The van der Waals surface area contributed by atoms with E-state index in [4.69, 9.17) is 23.8 Å². The molecule has 0 unspecified atom stereocenters. The summed E-state index contributed by atoms with van der Waals surface area (Å²) in [5, 5.41) is 27.6. The molecule has 9 nitrogen and oxygen atoms in total. The number of esters is 1. The lowest BCUT2D eigenvalue weighted by atomic mass is 9.71. The number of rotatable bonds is 3. The standard InChI is InChI=1S/C37H53NO8/c1-21(2)14-25(6)33-26(7)31(38-42-8)19-36(46-33)18-29-17-28(45-36)13-12-23(4)15-22(3)10-9-11-27-20-43-34-32(39)24(5)16-30(35(40)44-29)37(27,34)41/h9-12,14,16,21-22,26,28-30,32-34,39,41H,13,15,17-20H2,1-8H3/b10-9-,23-12+,25-14+,27-11+,38-31-/t22-,26-,28+,29-,30-,32+,33+,34+,36-,37+/m0/s1. The van der Waals surface area contributed by atoms with Crippen LogP contribution < -0.4 is 0 Å². The monoisotopic (exact) mass is 639 g/mol. The third-order valence-electron chi connectivity index (χ3n) is 10.1. The Kier molecular flexibility index (Phi) is 10.5. The maximum absolute atomic E-state index is 14.2. The maximum atomic E-state index is 14.2. The van der Waals surface area contributed by atoms with E-state index in [0.29, 0.717) is 42.7 Å². The highest BCUT2D eigenvalue weighted by Crippen LogP contribution is 2.47. The first kappa shape index (κ1) is 34.8. The van der Waals surface area contributed by atoms with E-state index in [9.17, 15) is 15.0 Å². The molecule has 4 heterocycles. The lowest BCUT2D eigenvalue weighted by Crippen LogP contribution is -2.59. The maximum Gasteiger partial charge on any atom is 0.316 e. The van der Waals surface area contributed by atoms with Crippen LogP contribution in [0.5, 0.6) is 0 Å². The molecule has 0 aromatic carbocycles. The SMILES string of the molecule is CO/N=C1/C[C@]2(C[C@@H]3C[C@@H](C/C=C(\C)C[C@@H](C)/C=C\C=C4/CO[C@@H]5[C@H](O)C(C)=C[C@@H](C(=O)O3)[C@]45O)O2)O[C@H](/C(C)=C/C(C)C)[C@H]1C. The molecule has 0 aromatic heterocycles. The summed E-state index contributed by atoms with van der Waals surface area (Å²) in [6.07, 6.45) is 11.4. The number of fused-ring (bicyclic) bond motifs is 2. The molecule has 4 aliphatic heterocycles. The summed E-state index contributed by atoms with van der Waals surface area (Å²) in [4.78, 5) is 19.4. The van der Waals surface area contributed by atoms with Crippen LogP contribution >= 0.6 is 0 Å². The number of hydrogen-bond acceptors (Lipinski definition) is 9. The first-order valence-corrected chi connectivity index (χ1v) is 16.8. The van der Waals surface area contributed by atoms with Gasteiger partial charge in [-0.25, -0.2) is 0 Å². The fourth-order valence-electron chi connectivity index (χ4n) is 7.94. The molecular formula is C37H53NO8. The Morgan fingerprint density at radius 3 is 2.67 bits per heavy atom. The zero-order valence-corrected chi connectivity index (χ0v) is 28.7. The van der Waals surface area contributed by atoms with Gasteiger partial charge in [-0.1, -0.05) is 74.9 Å². The van der Waals surface area contributed by atoms with Crippen molar-refractivity contribution in [2.24, 2.45) is 28.8 Å². The van der Waals surface area contributed by atoms with Gasteiger partial charge in [0.2, 0.25) is 0 Å². The Morgan fingerprint density at radius 1 is 1.20 bits per heavy atom. The topological polar surface area (TPSA) is 116 Å². The van der Waals surface area contributed by atoms with Gasteiger partial charge in [-0.05, 0) is 62.2 Å². The number of oxime groups is 1. The number of hydrogen-bond donors (Lipinski definition) is 2. The molecule has 0 amide bonds. The second kappa shape index (κ2) is 13.9. The van der Waals surface area contributed by atoms with Crippen LogP contribution in [-0.4, -0.2) is 77.5 Å². The number of aliphatic hydroxyl groups excluding tert-OH is 1. The van der Waals surface area contributed by atoms with E-state index < -0.39 is 41.6 Å². The number of ether oxygens (including phenoxy) is 4. The highest BCUT2D eigenvalue weighted by atomic mass is 16.7. The van der Waals surface area contributed by atoms with Gasteiger partial charge in [0, 0.05) is 25.2 Å². The van der Waals surface area contributed by atoms with Crippen LogP contribution in [0.25, 0.3) is 0 Å². The third kappa shape index (κ3) is 6.99. The molecule has 9 heteroatoms. The Balaban J connectivity index is 1.55. The van der Waals surface area contributed by atoms with E-state index in [1.165, 1.54) is 5.57 Å². The number of nitrogens with zero attached hydrogens (tertiary/aromatic N) is 1. The van der Waals surface area contributed by atoms with Crippen molar-refractivity contribution in [2.45, 2.75) is 122 Å². The molecule has 3 saturated heterocycles. The molecule has 10 atom stereocenters. The Bertz CT molecular complexity index is 1340. The van der Waals surface area contributed by atoms with Gasteiger partial charge in [0.05, 0.1) is 24.5 Å². The van der Waals surface area contributed by atoms with Crippen LogP contribution in [0.1, 0.15) is 80.6 Å². The van der Waals surface area contributed by atoms with E-state index in [-0.39, 0.29) is 30.7 Å². The number of carbonyl (C=O) groups excluding carboxylic acids is 1. The molecule has 5 rings (SSSR count). The average molecular weight is 640 g/mol. The van der Waals surface area contributed by atoms with Gasteiger partial charge >= 0.3 is 5.97 Å². The smallest absolute Gasteiger partial charge is 0.316 e. The summed E-state index contributed by atoms with van der Waals surface area (Å²) in [5.41, 5.74) is 2.54. The molecule has 2 bridgehead atoms. The molecule has 46 heavy (non-hydrogen) atoms. The molecule has 5 aliphatic rings. The van der Waals surface area contributed by atoms with E-state index in [0.717, 1.165) is 17.7 Å². The van der Waals surface area contributed by atoms with Gasteiger partial charge in [-0.2, -0.15) is 0 Å². The summed E-state index contributed by atoms with van der Waals surface area (Å²) in [5.74, 6) is -2.15. The van der Waals surface area contributed by atoms with E-state index >= 15 is 0 Å². The van der Waals surface area contributed by atoms with Crippen LogP contribution in [0, 0.1) is 23.7 Å². The van der Waals surface area contributed by atoms with Crippen LogP contribution in [0.3, 0.4) is 0 Å². The summed E-state index contributed by atoms with van der Waals surface area (Å²) in [6.45, 7) is 14.6. The van der Waals surface area contributed by atoms with Gasteiger partial charge in [0.25, 0.3) is 0 Å². The van der Waals surface area contributed by atoms with Crippen molar-refractivity contribution in [3.05, 3.63) is 58.7 Å². The summed E-state index contributed by atoms with van der Waals surface area (Å²) in [6, 6.07) is 0. The Labute approximate surface area is 274 Å². The zero-order valence-electron chi connectivity index (χ0n) is 28.7. The molecule has 0 aromatic rings. The van der Waals surface area contributed by atoms with Crippen molar-refractivity contribution in [2.75, 3.05) is 13.7 Å². The minimum absolute atomic E-state index is 0.0340. The lowest BCUT2D eigenvalue weighted by Gasteiger charge is -2.50. The second-order valence-electron chi connectivity index (χ2n) is 14.5. The van der Waals surface area contributed by atoms with Gasteiger partial charge in [0.15, 0.2) is 5.79 Å². The Morgan fingerprint density at radius 2 is 1.96 bits per heavy atom. The molecule has 2 N–H and O–H groups in total. The first-order chi connectivity index (χ1) is 21.8. The first-order valence-electron chi connectivity index (χ1n) is 16.8. The predicted octanol–water partition coefficient (Wildman–Crippen LogP) is 5.73. The summed E-state index contributed by atoms with van der Waals surface area (Å²) < 4.78 is 26.0. The number of aliphatic hydroxyl groups is 2. The van der Waals surface area contributed by atoms with Crippen molar-refractivity contribution >= 4 is 11.7 Å². The highest BCUT2D eigenvalue weighted by molar-refractivity contribution is 5.88. The largest absolute Gasteiger partial charge is 0.462 e. The van der Waals surface area contributed by atoms with Gasteiger partial charge in [-0.3, -0.25) is 4.79 Å². The van der Waals surface area contributed by atoms with Crippen molar-refractivity contribution in [1.29, 1.82) is 0 Å². The quantitative estimate of drug-likeness (QED) is 0.229. The minimum atomic E-state index is -1.74. The predicted molar refractivity (Wildman–Crippen MR) is 176 cm³/mol. The van der Waals surface area contributed by atoms with Gasteiger partial charge in [-0.15, -0.1) is 0 Å². The van der Waals surface area contributed by atoms with Gasteiger partial charge < -0.3 is 34.0 Å². The number of carbonyl (C=O) groups is 1. The molecule has 0 saturated carbocycles. The zero-order chi connectivity index (χ0) is 33.4. The van der Waals surface area contributed by atoms with Gasteiger partial charge in [0.1, 0.15) is 36.9 Å². The fourth-order valence-corrected chi connectivity index (χ4v) is 7.94. The second-order valence-corrected chi connectivity index (χ2v) is 14.5. The fraction of sp³-hybridized carbons (Fsp3) is 0.676. The molecule has 1 spiro atoms. The number of allylic oxidation sites excluding steroid dienone is 5. The normalized spacial score (nSPS) is 44.5. The van der Waals surface area contributed by atoms with E-state index in [1.54, 1.807) is 20.1 Å². The van der Waals surface area contributed by atoms with Crippen molar-refractivity contribution in [3.63, 3.8) is 0 Å².